The molecule has 1 rings (SSSR count). The highest BCUT2D eigenvalue weighted by atomic mass is 16.5. The van der Waals surface area contributed by atoms with Crippen LogP contribution in [0.2, 0.25) is 0 Å². The van der Waals surface area contributed by atoms with Gasteiger partial charge in [0, 0.05) is 12.6 Å². The van der Waals surface area contributed by atoms with Crippen LogP contribution in [0.5, 0.6) is 11.5 Å². The zero-order chi connectivity index (χ0) is 14.4. The first kappa shape index (κ1) is 14.8. The smallest absolute Gasteiger partial charge is 0.342 e. The van der Waals surface area contributed by atoms with E-state index >= 15 is 0 Å². The molecule has 0 radical (unpaired) electrons. The van der Waals surface area contributed by atoms with Crippen molar-refractivity contribution in [3.05, 3.63) is 23.8 Å². The van der Waals surface area contributed by atoms with Crippen molar-refractivity contribution in [2.45, 2.75) is 20.0 Å². The Morgan fingerprint density at radius 2 is 2.11 bits per heavy atom. The third-order valence-electron chi connectivity index (χ3n) is 2.43. The molecular weight excluding hydrogens is 250 g/mol. The van der Waals surface area contributed by atoms with Gasteiger partial charge in [-0.3, -0.25) is 4.79 Å². The number of carbonyl (C=O) groups excluding carboxylic acids is 2. The van der Waals surface area contributed by atoms with Crippen LogP contribution in [-0.2, 0) is 9.53 Å². The van der Waals surface area contributed by atoms with E-state index in [0.717, 1.165) is 0 Å². The summed E-state index contributed by atoms with van der Waals surface area (Å²) in [5, 5.41) is 12.2. The van der Waals surface area contributed by atoms with Gasteiger partial charge in [-0.1, -0.05) is 0 Å². The van der Waals surface area contributed by atoms with E-state index in [0.29, 0.717) is 12.3 Å². The predicted octanol–water partition coefficient (Wildman–Crippen LogP) is 1.08. The lowest BCUT2D eigenvalue weighted by molar-refractivity contribution is -0.128. The van der Waals surface area contributed by atoms with Crippen LogP contribution in [0.4, 0.5) is 0 Å². The van der Waals surface area contributed by atoms with Crippen LogP contribution in [0.15, 0.2) is 18.2 Å². The molecule has 6 heteroatoms. The summed E-state index contributed by atoms with van der Waals surface area (Å²) in [5.74, 6) is -0.985. The van der Waals surface area contributed by atoms with Crippen molar-refractivity contribution >= 4 is 11.9 Å². The molecule has 0 fully saturated rings. The number of esters is 1. The molecule has 0 heterocycles. The van der Waals surface area contributed by atoms with Crippen molar-refractivity contribution < 1.29 is 24.2 Å². The highest BCUT2D eigenvalue weighted by molar-refractivity contribution is 5.94. The molecule has 1 aromatic carbocycles. The lowest BCUT2D eigenvalue weighted by atomic mass is 10.2. The average Bonchev–Trinajstić information content (AvgIpc) is 2.38. The fourth-order valence-electron chi connectivity index (χ4n) is 1.41. The topological polar surface area (TPSA) is 84.9 Å². The molecule has 0 aromatic heterocycles. The highest BCUT2D eigenvalue weighted by Gasteiger charge is 2.20. The Labute approximate surface area is 111 Å². The van der Waals surface area contributed by atoms with Gasteiger partial charge in [0.25, 0.3) is 5.91 Å². The first-order valence-electron chi connectivity index (χ1n) is 5.85. The largest absolute Gasteiger partial charge is 0.507 e. The molecule has 0 bridgehead atoms. The van der Waals surface area contributed by atoms with Gasteiger partial charge >= 0.3 is 5.97 Å². The molecule has 2 N–H and O–H groups in total. The van der Waals surface area contributed by atoms with Gasteiger partial charge in [-0.2, -0.15) is 0 Å². The minimum atomic E-state index is -0.922. The third-order valence-corrected chi connectivity index (χ3v) is 2.43. The van der Waals surface area contributed by atoms with Crippen LogP contribution in [0.3, 0.4) is 0 Å². The number of benzene rings is 1. The summed E-state index contributed by atoms with van der Waals surface area (Å²) in [5.41, 5.74) is -0.0167. The number of methoxy groups -OCH3 is 1. The number of phenolic OH excluding ortho intramolecular Hbond substituents is 1. The van der Waals surface area contributed by atoms with Crippen LogP contribution in [-0.4, -0.2) is 36.7 Å². The normalized spacial score (nSPS) is 11.5. The zero-order valence-corrected chi connectivity index (χ0v) is 11.1. The second-order valence-corrected chi connectivity index (χ2v) is 3.83. The minimum Gasteiger partial charge on any atom is -0.507 e. The summed E-state index contributed by atoms with van der Waals surface area (Å²) in [4.78, 5) is 23.2. The Hall–Kier alpha value is -2.24. The van der Waals surface area contributed by atoms with E-state index in [2.05, 4.69) is 5.32 Å². The molecule has 1 atom stereocenters. The van der Waals surface area contributed by atoms with Gasteiger partial charge in [-0.05, 0) is 26.0 Å². The molecule has 0 aliphatic heterocycles. The summed E-state index contributed by atoms with van der Waals surface area (Å²) in [6.45, 7) is 3.68. The van der Waals surface area contributed by atoms with E-state index in [1.165, 1.54) is 32.2 Å². The number of aromatic hydroxyl groups is 1. The molecule has 0 unspecified atom stereocenters. The maximum absolute atomic E-state index is 11.8. The second kappa shape index (κ2) is 6.63. The quantitative estimate of drug-likeness (QED) is 0.780. The number of ether oxygens (including phenoxy) is 2. The highest BCUT2D eigenvalue weighted by Crippen LogP contribution is 2.24. The molecule has 0 saturated heterocycles. The van der Waals surface area contributed by atoms with Crippen molar-refractivity contribution in [3.63, 3.8) is 0 Å². The monoisotopic (exact) mass is 267 g/mol. The van der Waals surface area contributed by atoms with Crippen LogP contribution < -0.4 is 10.1 Å². The van der Waals surface area contributed by atoms with Crippen LogP contribution in [0, 0.1) is 0 Å². The van der Waals surface area contributed by atoms with Crippen molar-refractivity contribution in [3.8, 4) is 11.5 Å². The minimum absolute atomic E-state index is 0.0167. The Bertz CT molecular complexity index is 472. The zero-order valence-electron chi connectivity index (χ0n) is 11.1. The average molecular weight is 267 g/mol. The SMILES string of the molecule is CCNC(=O)[C@H](C)OC(=O)c1ccc(OC)cc1O. The second-order valence-electron chi connectivity index (χ2n) is 3.83. The van der Waals surface area contributed by atoms with E-state index in [-0.39, 0.29) is 17.2 Å². The summed E-state index contributed by atoms with van der Waals surface area (Å²) in [6, 6.07) is 4.20. The third kappa shape index (κ3) is 3.87. The molecule has 1 amide bonds. The Kier molecular flexibility index (Phi) is 5.17. The maximum Gasteiger partial charge on any atom is 0.342 e. The molecule has 6 nitrogen and oxygen atoms in total. The fraction of sp³-hybridized carbons (Fsp3) is 0.385. The number of phenols is 1. The predicted molar refractivity (Wildman–Crippen MR) is 68.2 cm³/mol. The van der Waals surface area contributed by atoms with Crippen LogP contribution in [0.1, 0.15) is 24.2 Å². The van der Waals surface area contributed by atoms with E-state index in [1.807, 2.05) is 0 Å². The first-order valence-corrected chi connectivity index (χ1v) is 5.85. The Morgan fingerprint density at radius 1 is 1.42 bits per heavy atom. The number of rotatable bonds is 5. The number of likely N-dealkylation sites (N-methyl/N-ethyl adjacent to an activating group) is 1. The van der Waals surface area contributed by atoms with Gasteiger partial charge < -0.3 is 19.9 Å². The Morgan fingerprint density at radius 3 is 2.63 bits per heavy atom. The van der Waals surface area contributed by atoms with E-state index in [1.54, 1.807) is 6.92 Å². The van der Waals surface area contributed by atoms with Gasteiger partial charge in [-0.25, -0.2) is 4.79 Å². The van der Waals surface area contributed by atoms with Gasteiger partial charge in [0.05, 0.1) is 7.11 Å². The summed E-state index contributed by atoms with van der Waals surface area (Å²) >= 11 is 0. The fourth-order valence-corrected chi connectivity index (χ4v) is 1.41. The van der Waals surface area contributed by atoms with Crippen molar-refractivity contribution in [2.75, 3.05) is 13.7 Å². The summed E-state index contributed by atoms with van der Waals surface area (Å²) in [7, 11) is 1.45. The number of nitrogens with one attached hydrogen (secondary N) is 1. The van der Waals surface area contributed by atoms with E-state index in [4.69, 9.17) is 9.47 Å². The van der Waals surface area contributed by atoms with Crippen molar-refractivity contribution in [1.82, 2.24) is 5.32 Å². The van der Waals surface area contributed by atoms with Gasteiger partial charge in [0.15, 0.2) is 6.10 Å². The first-order chi connectivity index (χ1) is 8.99. The molecule has 0 aliphatic rings. The summed E-state index contributed by atoms with van der Waals surface area (Å²) < 4.78 is 9.86. The van der Waals surface area contributed by atoms with Crippen LogP contribution >= 0.6 is 0 Å². The lowest BCUT2D eigenvalue weighted by Crippen LogP contribution is -2.35. The van der Waals surface area contributed by atoms with Gasteiger partial charge in [0.2, 0.25) is 0 Å². The number of hydrogen-bond acceptors (Lipinski definition) is 5. The molecule has 0 spiro atoms. The number of amides is 1. The van der Waals surface area contributed by atoms with E-state index in [9.17, 15) is 14.7 Å². The summed E-state index contributed by atoms with van der Waals surface area (Å²) in [6.07, 6.45) is -0.922. The van der Waals surface area contributed by atoms with Gasteiger partial charge in [-0.15, -0.1) is 0 Å². The van der Waals surface area contributed by atoms with E-state index < -0.39 is 12.1 Å². The molecule has 1 aromatic rings. The van der Waals surface area contributed by atoms with Crippen molar-refractivity contribution in [1.29, 1.82) is 0 Å². The standard InChI is InChI=1S/C13H17NO5/c1-4-14-12(16)8(2)19-13(17)10-6-5-9(18-3)7-11(10)15/h5-8,15H,4H2,1-3H3,(H,14,16)/t8-/m0/s1. The number of carbonyl (C=O) groups is 2. The maximum atomic E-state index is 11.8. The molecule has 0 aliphatic carbocycles. The van der Waals surface area contributed by atoms with Crippen molar-refractivity contribution in [2.24, 2.45) is 0 Å². The Balaban J connectivity index is 2.75. The lowest BCUT2D eigenvalue weighted by Gasteiger charge is -2.13. The molecule has 104 valence electrons. The molecule has 19 heavy (non-hydrogen) atoms. The van der Waals surface area contributed by atoms with Gasteiger partial charge in [0.1, 0.15) is 17.1 Å². The number of hydrogen-bond donors (Lipinski definition) is 2. The van der Waals surface area contributed by atoms with Crippen LogP contribution in [0.25, 0.3) is 0 Å². The molecular formula is C13H17NO5. The molecule has 0 saturated carbocycles.